The molecule has 0 aliphatic rings. The standard InChI is InChI=1S/C6H8O2S/c7-6(8)4-5-2-1-3-9-5/h1-3,6-8H,4H2. The fraction of sp³-hybridized carbons (Fsp3) is 0.333. The molecule has 0 amide bonds. The van der Waals surface area contributed by atoms with Crippen molar-refractivity contribution in [1.29, 1.82) is 0 Å². The van der Waals surface area contributed by atoms with Gasteiger partial charge in [0.05, 0.1) is 0 Å². The number of thiophene rings is 1. The molecule has 0 bridgehead atoms. The Hall–Kier alpha value is -0.380. The summed E-state index contributed by atoms with van der Waals surface area (Å²) in [6.45, 7) is 0. The zero-order valence-corrected chi connectivity index (χ0v) is 5.64. The molecule has 2 nitrogen and oxygen atoms in total. The van der Waals surface area contributed by atoms with Crippen LogP contribution in [0.4, 0.5) is 0 Å². The zero-order chi connectivity index (χ0) is 6.69. The Bertz CT molecular complexity index is 158. The van der Waals surface area contributed by atoms with Crippen molar-refractivity contribution < 1.29 is 10.2 Å². The third-order valence-corrected chi connectivity index (χ3v) is 1.86. The van der Waals surface area contributed by atoms with Crippen molar-refractivity contribution in [2.75, 3.05) is 0 Å². The molecule has 0 fully saturated rings. The van der Waals surface area contributed by atoms with Crippen LogP contribution in [0.2, 0.25) is 0 Å². The van der Waals surface area contributed by atoms with Crippen LogP contribution in [0.25, 0.3) is 0 Å². The smallest absolute Gasteiger partial charge is 0.156 e. The third-order valence-electron chi connectivity index (χ3n) is 0.964. The highest BCUT2D eigenvalue weighted by molar-refractivity contribution is 7.09. The van der Waals surface area contributed by atoms with E-state index in [-0.39, 0.29) is 0 Å². The van der Waals surface area contributed by atoms with E-state index >= 15 is 0 Å². The molecule has 0 saturated heterocycles. The monoisotopic (exact) mass is 144 g/mol. The van der Waals surface area contributed by atoms with Gasteiger partial charge in [0, 0.05) is 11.3 Å². The van der Waals surface area contributed by atoms with Crippen molar-refractivity contribution in [3.8, 4) is 0 Å². The fourth-order valence-electron chi connectivity index (χ4n) is 0.609. The minimum Gasteiger partial charge on any atom is -0.368 e. The van der Waals surface area contributed by atoms with Crippen LogP contribution in [0.5, 0.6) is 0 Å². The molecule has 1 heterocycles. The summed E-state index contributed by atoms with van der Waals surface area (Å²) in [7, 11) is 0. The highest BCUT2D eigenvalue weighted by Crippen LogP contribution is 2.09. The lowest BCUT2D eigenvalue weighted by molar-refractivity contribution is -0.0375. The molecule has 0 aliphatic carbocycles. The second kappa shape index (κ2) is 2.96. The lowest BCUT2D eigenvalue weighted by Crippen LogP contribution is -2.06. The van der Waals surface area contributed by atoms with Crippen LogP contribution in [-0.2, 0) is 6.42 Å². The predicted molar refractivity (Wildman–Crippen MR) is 36.2 cm³/mol. The molecule has 1 aromatic heterocycles. The molecule has 0 atom stereocenters. The summed E-state index contributed by atoms with van der Waals surface area (Å²) in [5, 5.41) is 18.9. The summed E-state index contributed by atoms with van der Waals surface area (Å²) in [6, 6.07) is 3.77. The summed E-state index contributed by atoms with van der Waals surface area (Å²) in [5.74, 6) is 0. The SMILES string of the molecule is OC(O)Cc1cccs1. The average molecular weight is 144 g/mol. The Balaban J connectivity index is 2.48. The van der Waals surface area contributed by atoms with E-state index in [1.54, 1.807) is 0 Å². The minimum atomic E-state index is -1.20. The minimum absolute atomic E-state index is 0.345. The molecule has 3 heteroatoms. The van der Waals surface area contributed by atoms with Crippen molar-refractivity contribution in [3.05, 3.63) is 22.4 Å². The maximum atomic E-state index is 8.49. The number of aliphatic hydroxyl groups excluding tert-OH is 1. The molecular formula is C6H8O2S. The van der Waals surface area contributed by atoms with Gasteiger partial charge in [0.15, 0.2) is 6.29 Å². The molecule has 0 unspecified atom stereocenters. The molecule has 1 rings (SSSR count). The Morgan fingerprint density at radius 3 is 2.78 bits per heavy atom. The van der Waals surface area contributed by atoms with Gasteiger partial charge in [-0.2, -0.15) is 0 Å². The summed E-state index contributed by atoms with van der Waals surface area (Å²) < 4.78 is 0. The van der Waals surface area contributed by atoms with Gasteiger partial charge in [-0.1, -0.05) is 6.07 Å². The maximum absolute atomic E-state index is 8.49. The second-order valence-electron chi connectivity index (χ2n) is 1.76. The fourth-order valence-corrected chi connectivity index (χ4v) is 1.34. The third kappa shape index (κ3) is 2.13. The topological polar surface area (TPSA) is 40.5 Å². The zero-order valence-electron chi connectivity index (χ0n) is 4.82. The molecule has 0 aliphatic heterocycles. The number of hydrogen-bond acceptors (Lipinski definition) is 3. The summed E-state index contributed by atoms with van der Waals surface area (Å²) in [4.78, 5) is 1.00. The summed E-state index contributed by atoms with van der Waals surface area (Å²) in [5.41, 5.74) is 0. The highest BCUT2D eigenvalue weighted by atomic mass is 32.1. The first-order chi connectivity index (χ1) is 4.29. The van der Waals surface area contributed by atoms with Gasteiger partial charge in [-0.25, -0.2) is 0 Å². The van der Waals surface area contributed by atoms with E-state index in [4.69, 9.17) is 10.2 Å². The summed E-state index contributed by atoms with van der Waals surface area (Å²) in [6.07, 6.45) is -0.860. The predicted octanol–water partition coefficient (Wildman–Crippen LogP) is 0.601. The Morgan fingerprint density at radius 1 is 1.56 bits per heavy atom. The van der Waals surface area contributed by atoms with Crippen molar-refractivity contribution in [3.63, 3.8) is 0 Å². The molecule has 0 radical (unpaired) electrons. The number of rotatable bonds is 2. The van der Waals surface area contributed by atoms with Crippen molar-refractivity contribution in [1.82, 2.24) is 0 Å². The van der Waals surface area contributed by atoms with Gasteiger partial charge in [0.25, 0.3) is 0 Å². The first kappa shape index (κ1) is 6.74. The molecule has 2 N–H and O–H groups in total. The lowest BCUT2D eigenvalue weighted by atomic mass is 10.3. The van der Waals surface area contributed by atoms with Gasteiger partial charge in [-0.05, 0) is 11.4 Å². The van der Waals surface area contributed by atoms with Crippen LogP contribution >= 0.6 is 11.3 Å². The van der Waals surface area contributed by atoms with Gasteiger partial charge in [-0.3, -0.25) is 0 Å². The highest BCUT2D eigenvalue weighted by Gasteiger charge is 1.98. The van der Waals surface area contributed by atoms with Crippen LogP contribution in [0.15, 0.2) is 17.5 Å². The molecular weight excluding hydrogens is 136 g/mol. The van der Waals surface area contributed by atoms with Gasteiger partial charge in [-0.15, -0.1) is 11.3 Å². The Kier molecular flexibility index (Phi) is 2.22. The molecule has 50 valence electrons. The van der Waals surface area contributed by atoms with E-state index in [0.717, 1.165) is 4.88 Å². The van der Waals surface area contributed by atoms with Crippen LogP contribution in [0.3, 0.4) is 0 Å². The van der Waals surface area contributed by atoms with Crippen LogP contribution in [-0.4, -0.2) is 16.5 Å². The van der Waals surface area contributed by atoms with Crippen molar-refractivity contribution in [2.45, 2.75) is 12.7 Å². The first-order valence-electron chi connectivity index (χ1n) is 2.67. The molecule has 0 spiro atoms. The molecule has 0 aromatic carbocycles. The van der Waals surface area contributed by atoms with E-state index < -0.39 is 6.29 Å². The van der Waals surface area contributed by atoms with Gasteiger partial charge >= 0.3 is 0 Å². The van der Waals surface area contributed by atoms with Gasteiger partial charge < -0.3 is 10.2 Å². The molecule has 1 aromatic rings. The lowest BCUT2D eigenvalue weighted by Gasteiger charge is -1.97. The van der Waals surface area contributed by atoms with E-state index in [2.05, 4.69) is 0 Å². The average Bonchev–Trinajstić information content (AvgIpc) is 2.15. The summed E-state index contributed by atoms with van der Waals surface area (Å²) >= 11 is 1.53. The van der Waals surface area contributed by atoms with Crippen LogP contribution in [0.1, 0.15) is 4.88 Å². The van der Waals surface area contributed by atoms with Crippen LogP contribution in [0, 0.1) is 0 Å². The number of aliphatic hydroxyl groups is 2. The van der Waals surface area contributed by atoms with Crippen LogP contribution < -0.4 is 0 Å². The van der Waals surface area contributed by atoms with E-state index in [1.165, 1.54) is 11.3 Å². The first-order valence-corrected chi connectivity index (χ1v) is 3.55. The Labute approximate surface area is 57.4 Å². The largest absolute Gasteiger partial charge is 0.368 e. The van der Waals surface area contributed by atoms with Crippen molar-refractivity contribution in [2.24, 2.45) is 0 Å². The van der Waals surface area contributed by atoms with E-state index in [1.807, 2.05) is 17.5 Å². The second-order valence-corrected chi connectivity index (χ2v) is 2.80. The quantitative estimate of drug-likeness (QED) is 0.597. The normalized spacial score (nSPS) is 10.6. The van der Waals surface area contributed by atoms with Gasteiger partial charge in [0.1, 0.15) is 0 Å². The van der Waals surface area contributed by atoms with Gasteiger partial charge in [0.2, 0.25) is 0 Å². The van der Waals surface area contributed by atoms with E-state index in [9.17, 15) is 0 Å². The molecule has 0 saturated carbocycles. The maximum Gasteiger partial charge on any atom is 0.156 e. The number of hydrogen-bond donors (Lipinski definition) is 2. The van der Waals surface area contributed by atoms with Crippen molar-refractivity contribution >= 4 is 11.3 Å². The molecule has 9 heavy (non-hydrogen) atoms. The Morgan fingerprint density at radius 2 is 2.33 bits per heavy atom. The van der Waals surface area contributed by atoms with E-state index in [0.29, 0.717) is 6.42 Å².